The highest BCUT2D eigenvalue weighted by atomic mass is 32.3. The topological polar surface area (TPSA) is 90.0 Å². The van der Waals surface area contributed by atoms with Gasteiger partial charge in [-0.2, -0.15) is 9.35 Å². The number of carbonyl (C=O) groups is 1. The Hall–Kier alpha value is -1.12. The molecule has 0 aromatic rings. The third-order valence-corrected chi connectivity index (χ3v) is 2.37. The van der Waals surface area contributed by atoms with E-state index in [1.807, 2.05) is 0 Å². The molecule has 0 saturated carbocycles. The molecule has 2 bridgehead atoms. The van der Waals surface area contributed by atoms with E-state index in [4.69, 9.17) is 0 Å². The number of hydrogen-bond acceptors (Lipinski definition) is 5. The molecule has 2 amide bonds. The van der Waals surface area contributed by atoms with Crippen molar-refractivity contribution in [3.8, 4) is 0 Å². The van der Waals surface area contributed by atoms with Gasteiger partial charge in [-0.05, 0) is 0 Å². The van der Waals surface area contributed by atoms with Crippen LogP contribution < -0.4 is 0 Å². The summed E-state index contributed by atoms with van der Waals surface area (Å²) in [6.07, 6.45) is 3.35. The van der Waals surface area contributed by atoms with Crippen LogP contribution in [0.15, 0.2) is 12.2 Å². The molecule has 0 aromatic heterocycles. The molecule has 1 atom stereocenters. The maximum atomic E-state index is 11.3. The zero-order chi connectivity index (χ0) is 10.3. The second-order valence-electron chi connectivity index (χ2n) is 2.99. The maximum absolute atomic E-state index is 11.3. The van der Waals surface area contributed by atoms with Crippen molar-refractivity contribution in [2.75, 3.05) is 13.1 Å². The fourth-order valence-electron chi connectivity index (χ4n) is 1.48. The first-order valence-electron chi connectivity index (χ1n) is 3.87. The fraction of sp³-hybridized carbons (Fsp3) is 0.500. The van der Waals surface area contributed by atoms with Crippen molar-refractivity contribution in [1.82, 2.24) is 9.96 Å². The number of urea groups is 1. The van der Waals surface area contributed by atoms with Gasteiger partial charge in [-0.25, -0.2) is 13.2 Å². The van der Waals surface area contributed by atoms with E-state index in [2.05, 4.69) is 4.28 Å². The number of fused-ring (bicyclic) bond motifs is 2. The highest BCUT2D eigenvalue weighted by Gasteiger charge is 2.39. The minimum Gasteiger partial charge on any atom is -0.724 e. The Kier molecular flexibility index (Phi) is 1.98. The van der Waals surface area contributed by atoms with E-state index in [1.165, 1.54) is 4.90 Å². The molecule has 2 aliphatic heterocycles. The van der Waals surface area contributed by atoms with Crippen LogP contribution in [0.25, 0.3) is 0 Å². The van der Waals surface area contributed by atoms with E-state index >= 15 is 0 Å². The Morgan fingerprint density at radius 3 is 2.86 bits per heavy atom. The van der Waals surface area contributed by atoms with Crippen LogP contribution in [0.5, 0.6) is 0 Å². The Labute approximate surface area is 80.4 Å². The minimum atomic E-state index is -4.88. The number of hydroxylamine groups is 2. The number of hydrogen-bond donors (Lipinski definition) is 0. The molecular formula is C6H7N2O5S-. The predicted molar refractivity (Wildman–Crippen MR) is 42.5 cm³/mol. The van der Waals surface area contributed by atoms with Crippen LogP contribution >= 0.6 is 0 Å². The molecular weight excluding hydrogens is 212 g/mol. The summed E-state index contributed by atoms with van der Waals surface area (Å²) >= 11 is 0. The summed E-state index contributed by atoms with van der Waals surface area (Å²) in [7, 11) is -4.88. The van der Waals surface area contributed by atoms with Gasteiger partial charge in [0, 0.05) is 13.1 Å². The van der Waals surface area contributed by atoms with E-state index in [-0.39, 0.29) is 0 Å². The monoisotopic (exact) mass is 219 g/mol. The van der Waals surface area contributed by atoms with E-state index in [1.54, 1.807) is 12.2 Å². The molecule has 14 heavy (non-hydrogen) atoms. The van der Waals surface area contributed by atoms with Crippen LogP contribution in [0, 0.1) is 0 Å². The molecule has 2 rings (SSSR count). The summed E-state index contributed by atoms with van der Waals surface area (Å²) in [4.78, 5) is 12.7. The van der Waals surface area contributed by atoms with Gasteiger partial charge in [-0.15, -0.1) is 0 Å². The second-order valence-corrected chi connectivity index (χ2v) is 3.96. The lowest BCUT2D eigenvalue weighted by Crippen LogP contribution is -2.35. The third kappa shape index (κ3) is 1.59. The van der Waals surface area contributed by atoms with Gasteiger partial charge in [0.05, 0.1) is 6.04 Å². The van der Waals surface area contributed by atoms with Crippen molar-refractivity contribution in [2.24, 2.45) is 0 Å². The third-order valence-electron chi connectivity index (χ3n) is 2.02. The minimum absolute atomic E-state index is 0.352. The van der Waals surface area contributed by atoms with Gasteiger partial charge in [0.25, 0.3) is 0 Å². The van der Waals surface area contributed by atoms with Crippen molar-refractivity contribution in [1.29, 1.82) is 0 Å². The van der Waals surface area contributed by atoms with Crippen LogP contribution in [0.1, 0.15) is 0 Å². The first-order valence-corrected chi connectivity index (χ1v) is 5.21. The van der Waals surface area contributed by atoms with Crippen molar-refractivity contribution < 1.29 is 22.0 Å². The van der Waals surface area contributed by atoms with E-state index in [0.717, 1.165) is 0 Å². The summed E-state index contributed by atoms with van der Waals surface area (Å²) < 4.78 is 35.0. The van der Waals surface area contributed by atoms with E-state index in [0.29, 0.717) is 18.2 Å². The standard InChI is InChI=1S/C6H8N2O5S/c9-6-7-3-1-2-5(4-7)8(6)13-14(10,11)12/h1-2,5H,3-4H2,(H,10,11,12)/p-1. The number of carbonyl (C=O) groups excluding carboxylic acids is 1. The van der Waals surface area contributed by atoms with Gasteiger partial charge < -0.3 is 9.45 Å². The highest BCUT2D eigenvalue weighted by molar-refractivity contribution is 7.80. The van der Waals surface area contributed by atoms with Crippen LogP contribution in [-0.4, -0.2) is 48.1 Å². The molecule has 0 N–H and O–H groups in total. The maximum Gasteiger partial charge on any atom is 0.346 e. The van der Waals surface area contributed by atoms with E-state index < -0.39 is 22.5 Å². The van der Waals surface area contributed by atoms with Gasteiger partial charge in [-0.1, -0.05) is 12.2 Å². The predicted octanol–water partition coefficient (Wildman–Crippen LogP) is -0.946. The fourth-order valence-corrected chi connectivity index (χ4v) is 1.85. The number of nitrogens with zero attached hydrogens (tertiary/aromatic N) is 2. The van der Waals surface area contributed by atoms with Gasteiger partial charge >= 0.3 is 6.03 Å². The molecule has 2 heterocycles. The normalized spacial score (nSPS) is 26.1. The molecule has 0 radical (unpaired) electrons. The Morgan fingerprint density at radius 2 is 2.29 bits per heavy atom. The Bertz CT molecular complexity index is 389. The highest BCUT2D eigenvalue weighted by Crippen LogP contribution is 2.21. The first-order chi connectivity index (χ1) is 6.47. The zero-order valence-electron chi connectivity index (χ0n) is 6.99. The molecule has 1 unspecified atom stereocenters. The average Bonchev–Trinajstić information content (AvgIpc) is 2.28. The van der Waals surface area contributed by atoms with Gasteiger partial charge in [0.15, 0.2) is 0 Å². The molecule has 8 heteroatoms. The summed E-state index contributed by atoms with van der Waals surface area (Å²) in [6, 6.07) is -1.08. The number of amides is 2. The SMILES string of the molecule is O=C1N2CC=CC(C2)N1OS(=O)(=O)[O-]. The summed E-state index contributed by atoms with van der Waals surface area (Å²) in [5.41, 5.74) is 0. The molecule has 78 valence electrons. The van der Waals surface area contributed by atoms with Crippen molar-refractivity contribution in [2.45, 2.75) is 6.04 Å². The summed E-state index contributed by atoms with van der Waals surface area (Å²) in [5, 5.41) is 0.589. The summed E-state index contributed by atoms with van der Waals surface area (Å²) in [6.45, 7) is 0.763. The van der Waals surface area contributed by atoms with Crippen molar-refractivity contribution in [3.63, 3.8) is 0 Å². The smallest absolute Gasteiger partial charge is 0.346 e. The molecule has 1 saturated heterocycles. The number of rotatable bonds is 2. The van der Waals surface area contributed by atoms with Crippen molar-refractivity contribution >= 4 is 16.4 Å². The summed E-state index contributed by atoms with van der Waals surface area (Å²) in [5.74, 6) is 0. The van der Waals surface area contributed by atoms with Gasteiger partial charge in [-0.3, -0.25) is 0 Å². The lowest BCUT2D eigenvalue weighted by molar-refractivity contribution is -0.0195. The zero-order valence-corrected chi connectivity index (χ0v) is 7.81. The molecule has 1 fully saturated rings. The molecule has 2 aliphatic rings. The van der Waals surface area contributed by atoms with Gasteiger partial charge in [0.2, 0.25) is 10.4 Å². The molecule has 7 nitrogen and oxygen atoms in total. The Morgan fingerprint density at radius 1 is 1.57 bits per heavy atom. The quantitative estimate of drug-likeness (QED) is 0.339. The second kappa shape index (κ2) is 2.94. The lowest BCUT2D eigenvalue weighted by Gasteiger charge is -2.19. The molecule has 0 aliphatic carbocycles. The Balaban J connectivity index is 2.21. The van der Waals surface area contributed by atoms with E-state index in [9.17, 15) is 17.8 Å². The van der Waals surface area contributed by atoms with Crippen LogP contribution in [0.2, 0.25) is 0 Å². The average molecular weight is 219 g/mol. The van der Waals surface area contributed by atoms with Crippen LogP contribution in [0.3, 0.4) is 0 Å². The van der Waals surface area contributed by atoms with Crippen LogP contribution in [-0.2, 0) is 14.7 Å². The largest absolute Gasteiger partial charge is 0.724 e. The lowest BCUT2D eigenvalue weighted by atomic mass is 10.2. The first kappa shape index (κ1) is 9.44. The van der Waals surface area contributed by atoms with Crippen LogP contribution in [0.4, 0.5) is 4.79 Å². The van der Waals surface area contributed by atoms with Crippen molar-refractivity contribution in [3.05, 3.63) is 12.2 Å². The molecule has 0 aromatic carbocycles. The molecule has 0 spiro atoms. The van der Waals surface area contributed by atoms with Gasteiger partial charge in [0.1, 0.15) is 0 Å².